The fraction of sp³-hybridized carbons (Fsp3) is 0.286. The molecule has 0 aliphatic carbocycles. The largest absolute Gasteiger partial charge is 0.308 e. The highest BCUT2D eigenvalue weighted by atomic mass is 32.1. The van der Waals surface area contributed by atoms with Gasteiger partial charge in [0.1, 0.15) is 5.82 Å². The minimum atomic E-state index is 0.278. The zero-order chi connectivity index (χ0) is 12.8. The second kappa shape index (κ2) is 4.15. The number of fused-ring (bicyclic) bond motifs is 2. The van der Waals surface area contributed by atoms with E-state index in [0.29, 0.717) is 0 Å². The van der Waals surface area contributed by atoms with Gasteiger partial charge in [-0.1, -0.05) is 18.2 Å². The number of benzene rings is 1. The Bertz CT molecular complexity index is 743. The summed E-state index contributed by atoms with van der Waals surface area (Å²) in [6.07, 6.45) is 0. The molecule has 1 N–H and O–H groups in total. The van der Waals surface area contributed by atoms with Crippen LogP contribution in [0.5, 0.6) is 0 Å². The molecule has 1 aromatic carbocycles. The van der Waals surface area contributed by atoms with Gasteiger partial charge in [0.25, 0.3) is 0 Å². The molecule has 19 heavy (non-hydrogen) atoms. The normalized spacial score (nSPS) is 18.7. The summed E-state index contributed by atoms with van der Waals surface area (Å²) in [7, 11) is 0. The van der Waals surface area contributed by atoms with Crippen LogP contribution in [0.25, 0.3) is 21.5 Å². The molecule has 0 amide bonds. The molecule has 0 fully saturated rings. The molecule has 1 unspecified atom stereocenters. The van der Waals surface area contributed by atoms with Crippen molar-refractivity contribution in [2.24, 2.45) is 0 Å². The summed E-state index contributed by atoms with van der Waals surface area (Å²) >= 11 is 1.77. The maximum atomic E-state index is 4.42. The van der Waals surface area contributed by atoms with E-state index >= 15 is 0 Å². The van der Waals surface area contributed by atoms with Gasteiger partial charge in [-0.05, 0) is 13.0 Å². The third kappa shape index (κ3) is 1.62. The average Bonchev–Trinajstić information content (AvgIpc) is 3.02. The number of hydrogen-bond acceptors (Lipinski definition) is 4. The van der Waals surface area contributed by atoms with E-state index in [4.69, 9.17) is 0 Å². The molecule has 0 spiro atoms. The van der Waals surface area contributed by atoms with Crippen LogP contribution in [0.4, 0.5) is 0 Å². The summed E-state index contributed by atoms with van der Waals surface area (Å²) in [6, 6.07) is 8.75. The summed E-state index contributed by atoms with van der Waals surface area (Å²) in [4.78, 5) is 0. The van der Waals surface area contributed by atoms with E-state index in [9.17, 15) is 0 Å². The minimum Gasteiger partial charge on any atom is -0.308 e. The minimum absolute atomic E-state index is 0.278. The summed E-state index contributed by atoms with van der Waals surface area (Å²) < 4.78 is 3.55. The summed E-state index contributed by atoms with van der Waals surface area (Å²) in [6.45, 7) is 4.04. The van der Waals surface area contributed by atoms with E-state index in [1.54, 1.807) is 11.3 Å². The van der Waals surface area contributed by atoms with Crippen molar-refractivity contribution in [2.45, 2.75) is 19.5 Å². The molecule has 0 radical (unpaired) electrons. The third-order valence-corrected chi connectivity index (χ3v) is 4.64. The molecule has 1 aliphatic rings. The summed E-state index contributed by atoms with van der Waals surface area (Å²) in [5.41, 5.74) is 1.20. The molecule has 1 aliphatic heterocycles. The second-order valence-electron chi connectivity index (χ2n) is 4.85. The predicted octanol–water partition coefficient (Wildman–Crippen LogP) is 2.82. The van der Waals surface area contributed by atoms with Crippen molar-refractivity contribution in [1.29, 1.82) is 0 Å². The molecular formula is C14H14N4S. The van der Waals surface area contributed by atoms with Crippen molar-refractivity contribution in [3.8, 4) is 11.4 Å². The lowest BCUT2D eigenvalue weighted by atomic mass is 10.1. The van der Waals surface area contributed by atoms with Crippen LogP contribution >= 0.6 is 11.3 Å². The molecule has 1 atom stereocenters. The van der Waals surface area contributed by atoms with Gasteiger partial charge in [0.15, 0.2) is 5.82 Å². The monoisotopic (exact) mass is 270 g/mol. The van der Waals surface area contributed by atoms with Crippen molar-refractivity contribution >= 4 is 21.4 Å². The first kappa shape index (κ1) is 11.1. The van der Waals surface area contributed by atoms with E-state index in [1.807, 2.05) is 0 Å². The van der Waals surface area contributed by atoms with Gasteiger partial charge in [-0.3, -0.25) is 0 Å². The first-order chi connectivity index (χ1) is 9.34. The fourth-order valence-corrected chi connectivity index (χ4v) is 3.63. The fourth-order valence-electron chi connectivity index (χ4n) is 2.69. The van der Waals surface area contributed by atoms with Crippen LogP contribution in [0, 0.1) is 0 Å². The number of rotatable bonds is 1. The van der Waals surface area contributed by atoms with Gasteiger partial charge in [-0.2, -0.15) is 0 Å². The highest BCUT2D eigenvalue weighted by Gasteiger charge is 2.23. The van der Waals surface area contributed by atoms with Gasteiger partial charge < -0.3 is 9.88 Å². The van der Waals surface area contributed by atoms with Crippen molar-refractivity contribution in [3.63, 3.8) is 0 Å². The lowest BCUT2D eigenvalue weighted by Gasteiger charge is -2.21. The molecule has 0 bridgehead atoms. The molecule has 3 aromatic rings. The van der Waals surface area contributed by atoms with Gasteiger partial charge in [-0.15, -0.1) is 21.5 Å². The Morgan fingerprint density at radius 3 is 3.16 bits per heavy atom. The number of nitrogens with zero attached hydrogens (tertiary/aromatic N) is 3. The zero-order valence-corrected chi connectivity index (χ0v) is 11.4. The SMILES string of the molecule is CC1NCCn2c(-c3csc4ccccc34)nnc21. The van der Waals surface area contributed by atoms with E-state index in [2.05, 4.69) is 56.7 Å². The van der Waals surface area contributed by atoms with Gasteiger partial charge in [0.05, 0.1) is 6.04 Å². The zero-order valence-electron chi connectivity index (χ0n) is 10.6. The molecule has 0 saturated heterocycles. The van der Waals surface area contributed by atoms with Crippen molar-refractivity contribution in [3.05, 3.63) is 35.5 Å². The molecular weight excluding hydrogens is 256 g/mol. The van der Waals surface area contributed by atoms with Crippen LogP contribution in [-0.4, -0.2) is 21.3 Å². The van der Waals surface area contributed by atoms with Crippen LogP contribution in [0.1, 0.15) is 18.8 Å². The topological polar surface area (TPSA) is 42.7 Å². The van der Waals surface area contributed by atoms with Gasteiger partial charge in [0.2, 0.25) is 0 Å². The van der Waals surface area contributed by atoms with E-state index in [1.165, 1.54) is 15.6 Å². The van der Waals surface area contributed by atoms with E-state index < -0.39 is 0 Å². The van der Waals surface area contributed by atoms with Crippen LogP contribution < -0.4 is 5.32 Å². The van der Waals surface area contributed by atoms with Gasteiger partial charge in [0, 0.05) is 34.1 Å². The molecule has 96 valence electrons. The highest BCUT2D eigenvalue weighted by Crippen LogP contribution is 2.34. The molecule has 5 heteroatoms. The Balaban J connectivity index is 1.93. The maximum absolute atomic E-state index is 4.42. The summed E-state index contributed by atoms with van der Waals surface area (Å²) in [5, 5.41) is 15.7. The van der Waals surface area contributed by atoms with Crippen LogP contribution in [0.3, 0.4) is 0 Å². The highest BCUT2D eigenvalue weighted by molar-refractivity contribution is 7.17. The van der Waals surface area contributed by atoms with Gasteiger partial charge >= 0.3 is 0 Å². The lowest BCUT2D eigenvalue weighted by molar-refractivity contribution is 0.439. The van der Waals surface area contributed by atoms with E-state index in [-0.39, 0.29) is 6.04 Å². The van der Waals surface area contributed by atoms with E-state index in [0.717, 1.165) is 24.7 Å². The molecule has 4 rings (SSSR count). The molecule has 0 saturated carbocycles. The Morgan fingerprint density at radius 1 is 1.32 bits per heavy atom. The average molecular weight is 270 g/mol. The Hall–Kier alpha value is -1.72. The number of thiophene rings is 1. The predicted molar refractivity (Wildman–Crippen MR) is 77.3 cm³/mol. The Morgan fingerprint density at radius 2 is 2.21 bits per heavy atom. The van der Waals surface area contributed by atoms with Crippen LogP contribution in [0.15, 0.2) is 29.6 Å². The maximum Gasteiger partial charge on any atom is 0.165 e. The summed E-state index contributed by atoms with van der Waals surface area (Å²) in [5.74, 6) is 2.04. The second-order valence-corrected chi connectivity index (χ2v) is 5.77. The first-order valence-electron chi connectivity index (χ1n) is 6.47. The van der Waals surface area contributed by atoms with Crippen LogP contribution in [0.2, 0.25) is 0 Å². The number of hydrogen-bond donors (Lipinski definition) is 1. The molecule has 4 nitrogen and oxygen atoms in total. The standard InChI is InChI=1S/C14H14N4S/c1-9-13-16-17-14(18(13)7-6-15-9)11-8-19-12-5-3-2-4-10(11)12/h2-5,8-9,15H,6-7H2,1H3. The first-order valence-corrected chi connectivity index (χ1v) is 7.35. The Labute approximate surface area is 115 Å². The Kier molecular flexibility index (Phi) is 2.43. The lowest BCUT2D eigenvalue weighted by Crippen LogP contribution is -2.32. The quantitative estimate of drug-likeness (QED) is 0.739. The smallest absolute Gasteiger partial charge is 0.165 e. The van der Waals surface area contributed by atoms with Crippen LogP contribution in [-0.2, 0) is 6.54 Å². The van der Waals surface area contributed by atoms with Crippen molar-refractivity contribution in [1.82, 2.24) is 20.1 Å². The van der Waals surface area contributed by atoms with Crippen molar-refractivity contribution in [2.75, 3.05) is 6.54 Å². The number of aromatic nitrogens is 3. The third-order valence-electron chi connectivity index (χ3n) is 3.67. The molecule has 2 aromatic heterocycles. The molecule has 3 heterocycles. The van der Waals surface area contributed by atoms with Crippen molar-refractivity contribution < 1.29 is 0 Å². The number of nitrogens with one attached hydrogen (secondary N) is 1. The van der Waals surface area contributed by atoms with Gasteiger partial charge in [-0.25, -0.2) is 0 Å².